The Morgan fingerprint density at radius 3 is 2.43 bits per heavy atom. The minimum atomic E-state index is -0.427. The largest absolute Gasteiger partial charge is 0.383 e. The molecule has 0 radical (unpaired) electrons. The van der Waals surface area contributed by atoms with Gasteiger partial charge in [0.05, 0.1) is 25.5 Å². The normalized spacial score (nSPS) is 11.6. The van der Waals surface area contributed by atoms with Crippen LogP contribution in [0.3, 0.4) is 0 Å². The van der Waals surface area contributed by atoms with Gasteiger partial charge in [-0.1, -0.05) is 0 Å². The van der Waals surface area contributed by atoms with Crippen molar-refractivity contribution in [1.29, 1.82) is 0 Å². The Morgan fingerprint density at radius 1 is 1.11 bits per heavy atom. The molecular weight excluding hydrogens is 364 g/mol. The molecule has 3 aromatic heterocycles. The van der Waals surface area contributed by atoms with Crippen molar-refractivity contribution in [2.75, 3.05) is 26.9 Å². The van der Waals surface area contributed by atoms with Gasteiger partial charge >= 0.3 is 5.69 Å². The van der Waals surface area contributed by atoms with Crippen molar-refractivity contribution >= 4 is 11.2 Å². The molecule has 0 saturated heterocycles. The van der Waals surface area contributed by atoms with Crippen molar-refractivity contribution in [3.05, 3.63) is 38.3 Å². The van der Waals surface area contributed by atoms with Crippen molar-refractivity contribution < 1.29 is 9.47 Å². The van der Waals surface area contributed by atoms with Gasteiger partial charge in [-0.2, -0.15) is 10.1 Å². The maximum absolute atomic E-state index is 13.2. The maximum Gasteiger partial charge on any atom is 0.332 e. The fourth-order valence-corrected chi connectivity index (χ4v) is 3.24. The first-order valence-electron chi connectivity index (χ1n) is 9.21. The molecule has 0 amide bonds. The molecule has 0 aromatic carbocycles. The highest BCUT2D eigenvalue weighted by Crippen LogP contribution is 2.17. The summed E-state index contributed by atoms with van der Waals surface area (Å²) in [5.41, 5.74) is 1.57. The first-order chi connectivity index (χ1) is 13.4. The number of ether oxygens (including phenoxy) is 2. The summed E-state index contributed by atoms with van der Waals surface area (Å²) in [5, 5.41) is 4.49. The van der Waals surface area contributed by atoms with Gasteiger partial charge in [-0.05, 0) is 26.8 Å². The van der Waals surface area contributed by atoms with Gasteiger partial charge in [0.15, 0.2) is 11.2 Å². The lowest BCUT2D eigenvalue weighted by Crippen LogP contribution is -2.40. The van der Waals surface area contributed by atoms with E-state index in [1.807, 2.05) is 26.8 Å². The van der Waals surface area contributed by atoms with Crippen LogP contribution < -0.4 is 11.2 Å². The summed E-state index contributed by atoms with van der Waals surface area (Å²) in [5.74, 6) is 0.483. The van der Waals surface area contributed by atoms with E-state index in [0.717, 1.165) is 11.4 Å². The van der Waals surface area contributed by atoms with E-state index in [9.17, 15) is 9.59 Å². The lowest BCUT2D eigenvalue weighted by Gasteiger charge is -2.11. The molecule has 0 atom stereocenters. The zero-order valence-corrected chi connectivity index (χ0v) is 16.9. The van der Waals surface area contributed by atoms with E-state index in [1.54, 1.807) is 16.3 Å². The molecule has 0 bridgehead atoms. The van der Waals surface area contributed by atoms with E-state index < -0.39 is 11.2 Å². The lowest BCUT2D eigenvalue weighted by molar-refractivity contribution is 0.139. The fraction of sp³-hybridized carbons (Fsp3) is 0.556. The van der Waals surface area contributed by atoms with E-state index >= 15 is 0 Å². The zero-order valence-electron chi connectivity index (χ0n) is 16.9. The number of nitrogens with zero attached hydrogens (tertiary/aromatic N) is 6. The fourth-order valence-electron chi connectivity index (χ4n) is 3.24. The average Bonchev–Trinajstić information content (AvgIpc) is 3.20. The zero-order chi connectivity index (χ0) is 20.4. The third-order valence-electron chi connectivity index (χ3n) is 4.59. The number of hydrogen-bond acceptors (Lipinski definition) is 6. The van der Waals surface area contributed by atoms with Crippen molar-refractivity contribution in [2.45, 2.75) is 33.9 Å². The van der Waals surface area contributed by atoms with Crippen LogP contribution >= 0.6 is 0 Å². The molecule has 0 saturated carbocycles. The summed E-state index contributed by atoms with van der Waals surface area (Å²) < 4.78 is 16.6. The third-order valence-corrected chi connectivity index (χ3v) is 4.59. The third kappa shape index (κ3) is 3.40. The molecule has 0 aliphatic carbocycles. The van der Waals surface area contributed by atoms with Gasteiger partial charge in [0, 0.05) is 33.0 Å². The molecule has 3 rings (SSSR count). The second kappa shape index (κ2) is 8.11. The van der Waals surface area contributed by atoms with Gasteiger partial charge in [0.2, 0.25) is 5.95 Å². The van der Waals surface area contributed by atoms with Gasteiger partial charge in [-0.3, -0.25) is 13.9 Å². The predicted octanol–water partition coefficient (Wildman–Crippen LogP) is 0.382. The van der Waals surface area contributed by atoms with E-state index in [-0.39, 0.29) is 13.2 Å². The van der Waals surface area contributed by atoms with E-state index in [1.165, 1.54) is 16.2 Å². The Bertz CT molecular complexity index is 1100. The minimum Gasteiger partial charge on any atom is -0.383 e. The summed E-state index contributed by atoms with van der Waals surface area (Å²) in [6, 6.07) is 1.93. The number of hydrogen-bond donors (Lipinski definition) is 0. The molecule has 0 aliphatic heterocycles. The summed E-state index contributed by atoms with van der Waals surface area (Å²) in [4.78, 5) is 30.4. The second-order valence-electron chi connectivity index (χ2n) is 6.56. The Labute approximate surface area is 161 Å². The monoisotopic (exact) mass is 390 g/mol. The molecule has 152 valence electrons. The van der Waals surface area contributed by atoms with Crippen molar-refractivity contribution in [3.63, 3.8) is 0 Å². The van der Waals surface area contributed by atoms with Gasteiger partial charge in [-0.15, -0.1) is 0 Å². The number of fused-ring (bicyclic) bond motifs is 1. The van der Waals surface area contributed by atoms with Crippen LogP contribution in [0.1, 0.15) is 18.3 Å². The summed E-state index contributed by atoms with van der Waals surface area (Å²) in [6.45, 7) is 7.55. The highest BCUT2D eigenvalue weighted by atomic mass is 16.5. The molecule has 10 heteroatoms. The van der Waals surface area contributed by atoms with Crippen LogP contribution in [-0.4, -0.2) is 55.4 Å². The van der Waals surface area contributed by atoms with Crippen LogP contribution in [0.2, 0.25) is 0 Å². The van der Waals surface area contributed by atoms with Gasteiger partial charge in [0.1, 0.15) is 0 Å². The van der Waals surface area contributed by atoms with Gasteiger partial charge in [0.25, 0.3) is 5.56 Å². The summed E-state index contributed by atoms with van der Waals surface area (Å²) >= 11 is 0. The smallest absolute Gasteiger partial charge is 0.332 e. The molecule has 10 nitrogen and oxygen atoms in total. The van der Waals surface area contributed by atoms with Crippen LogP contribution in [0.15, 0.2) is 15.7 Å². The number of rotatable bonds is 8. The number of aromatic nitrogens is 6. The van der Waals surface area contributed by atoms with Crippen LogP contribution in [0.4, 0.5) is 0 Å². The van der Waals surface area contributed by atoms with Gasteiger partial charge < -0.3 is 14.0 Å². The first kappa shape index (κ1) is 20.0. The maximum atomic E-state index is 13.2. The molecule has 0 unspecified atom stereocenters. The predicted molar refractivity (Wildman–Crippen MR) is 104 cm³/mol. The molecule has 0 aliphatic rings. The van der Waals surface area contributed by atoms with Crippen molar-refractivity contribution in [2.24, 2.45) is 7.05 Å². The SMILES string of the molecule is CCOCCn1c(-n2nc(C)cc2C)nc2c1c(=O)n(CCOC)c(=O)n2C. The molecule has 0 N–H and O–H groups in total. The topological polar surface area (TPSA) is 98.1 Å². The minimum absolute atomic E-state index is 0.170. The number of aryl methyl sites for hydroxylation is 3. The molecule has 0 fully saturated rings. The Hall–Kier alpha value is -2.72. The lowest BCUT2D eigenvalue weighted by atomic mass is 10.4. The Morgan fingerprint density at radius 2 is 1.82 bits per heavy atom. The number of methoxy groups -OCH3 is 1. The van der Waals surface area contributed by atoms with Crippen LogP contribution in [0.25, 0.3) is 17.1 Å². The van der Waals surface area contributed by atoms with E-state index in [4.69, 9.17) is 9.47 Å². The summed E-state index contributed by atoms with van der Waals surface area (Å²) in [7, 11) is 3.14. The molecule has 3 aromatic rings. The van der Waals surface area contributed by atoms with E-state index in [0.29, 0.717) is 36.9 Å². The highest BCUT2D eigenvalue weighted by Gasteiger charge is 2.22. The Balaban J connectivity index is 2.32. The molecular formula is C18H26N6O4. The molecule has 0 spiro atoms. The molecule has 3 heterocycles. The van der Waals surface area contributed by atoms with Crippen LogP contribution in [-0.2, 0) is 29.6 Å². The number of imidazole rings is 1. The van der Waals surface area contributed by atoms with Crippen molar-refractivity contribution in [3.8, 4) is 5.95 Å². The van der Waals surface area contributed by atoms with Crippen LogP contribution in [0.5, 0.6) is 0 Å². The van der Waals surface area contributed by atoms with E-state index in [2.05, 4.69) is 10.1 Å². The second-order valence-corrected chi connectivity index (χ2v) is 6.56. The standard InChI is InChI=1S/C18H26N6O4/c1-6-28-10-8-22-14-15(19-17(22)24-13(3)11-12(2)20-24)21(4)18(26)23(16(14)25)7-9-27-5/h11H,6-10H2,1-5H3. The van der Waals surface area contributed by atoms with Crippen molar-refractivity contribution in [1.82, 2.24) is 28.5 Å². The summed E-state index contributed by atoms with van der Waals surface area (Å²) in [6.07, 6.45) is 0. The first-order valence-corrected chi connectivity index (χ1v) is 9.21. The van der Waals surface area contributed by atoms with Crippen LogP contribution in [0, 0.1) is 13.8 Å². The Kier molecular flexibility index (Phi) is 5.80. The average molecular weight is 390 g/mol. The quantitative estimate of drug-likeness (QED) is 0.516. The highest BCUT2D eigenvalue weighted by molar-refractivity contribution is 5.72. The van der Waals surface area contributed by atoms with Gasteiger partial charge in [-0.25, -0.2) is 9.48 Å². The molecule has 28 heavy (non-hydrogen) atoms.